The van der Waals surface area contributed by atoms with Crippen molar-refractivity contribution >= 4 is 6.20 Å². The zero-order valence-corrected chi connectivity index (χ0v) is 8.88. The predicted octanol–water partition coefficient (Wildman–Crippen LogP) is 2.83. The molecule has 1 aromatic heterocycles. The molecule has 2 aromatic rings. The lowest BCUT2D eigenvalue weighted by atomic mass is 10.2. The highest BCUT2D eigenvalue weighted by atomic mass is 15.3. The van der Waals surface area contributed by atoms with Crippen LogP contribution in [0, 0.1) is 0 Å². The van der Waals surface area contributed by atoms with Crippen LogP contribution in [0.15, 0.2) is 42.2 Å². The van der Waals surface area contributed by atoms with Crippen molar-refractivity contribution in [3.8, 4) is 11.4 Å². The molecule has 0 bridgehead atoms. The molecule has 15 heavy (non-hydrogen) atoms. The highest BCUT2D eigenvalue weighted by molar-refractivity contribution is 5.53. The van der Waals surface area contributed by atoms with E-state index in [1.54, 1.807) is 11.0 Å². The number of hydrogen-bond donors (Lipinski definition) is 0. The molecule has 0 N–H and O–H groups in total. The monoisotopic (exact) mass is 199 g/mol. The van der Waals surface area contributed by atoms with Crippen LogP contribution in [-0.2, 0) is 0 Å². The van der Waals surface area contributed by atoms with Gasteiger partial charge < -0.3 is 0 Å². The second kappa shape index (κ2) is 4.09. The zero-order chi connectivity index (χ0) is 10.7. The van der Waals surface area contributed by atoms with Crippen molar-refractivity contribution in [2.24, 2.45) is 0 Å². The topological polar surface area (TPSA) is 30.7 Å². The summed E-state index contributed by atoms with van der Waals surface area (Å²) in [6, 6.07) is 9.95. The Balaban J connectivity index is 2.32. The third kappa shape index (κ3) is 2.31. The summed E-state index contributed by atoms with van der Waals surface area (Å²) in [5, 5.41) is 4.35. The van der Waals surface area contributed by atoms with Gasteiger partial charge in [-0.2, -0.15) is 0 Å². The second-order valence-electron chi connectivity index (χ2n) is 3.62. The van der Waals surface area contributed by atoms with E-state index in [9.17, 15) is 0 Å². The summed E-state index contributed by atoms with van der Waals surface area (Å²) in [7, 11) is 0. The Labute approximate surface area is 89.1 Å². The summed E-state index contributed by atoms with van der Waals surface area (Å²) < 4.78 is 1.73. The first-order valence-electron chi connectivity index (χ1n) is 4.87. The third-order valence-corrected chi connectivity index (χ3v) is 1.93. The Kier molecular flexibility index (Phi) is 2.63. The van der Waals surface area contributed by atoms with Crippen molar-refractivity contribution in [2.75, 3.05) is 0 Å². The van der Waals surface area contributed by atoms with E-state index in [4.69, 9.17) is 0 Å². The molecular formula is C12H13N3. The van der Waals surface area contributed by atoms with Gasteiger partial charge in [-0.15, -0.1) is 5.10 Å². The van der Waals surface area contributed by atoms with Crippen LogP contribution >= 0.6 is 0 Å². The fourth-order valence-electron chi connectivity index (χ4n) is 1.32. The van der Waals surface area contributed by atoms with Crippen LogP contribution in [0.25, 0.3) is 17.6 Å². The Morgan fingerprint density at radius 1 is 1.20 bits per heavy atom. The maximum Gasteiger partial charge on any atom is 0.181 e. The first-order chi connectivity index (χ1) is 7.25. The van der Waals surface area contributed by atoms with E-state index >= 15 is 0 Å². The van der Waals surface area contributed by atoms with Crippen molar-refractivity contribution in [3.05, 3.63) is 42.2 Å². The Bertz CT molecular complexity index is 465. The molecule has 0 fully saturated rings. The molecule has 2 rings (SSSR count). The maximum atomic E-state index is 4.35. The van der Waals surface area contributed by atoms with Gasteiger partial charge in [0.05, 0.1) is 0 Å². The van der Waals surface area contributed by atoms with E-state index < -0.39 is 0 Å². The van der Waals surface area contributed by atoms with E-state index in [-0.39, 0.29) is 0 Å². The average molecular weight is 199 g/mol. The van der Waals surface area contributed by atoms with Gasteiger partial charge in [0, 0.05) is 11.8 Å². The molecule has 0 amide bonds. The summed E-state index contributed by atoms with van der Waals surface area (Å²) in [4.78, 5) is 4.25. The Morgan fingerprint density at radius 3 is 2.60 bits per heavy atom. The molecule has 0 aliphatic carbocycles. The van der Waals surface area contributed by atoms with Gasteiger partial charge in [-0.05, 0) is 13.8 Å². The number of hydrogen-bond acceptors (Lipinski definition) is 2. The molecule has 0 unspecified atom stereocenters. The molecule has 0 radical (unpaired) electrons. The van der Waals surface area contributed by atoms with Gasteiger partial charge >= 0.3 is 0 Å². The Hall–Kier alpha value is -1.90. The standard InChI is InChI=1S/C12H13N3/c1-10(2)8-15-9-13-12(14-15)11-6-4-3-5-7-11/h3-9H,1-2H3. The van der Waals surface area contributed by atoms with E-state index in [2.05, 4.69) is 10.1 Å². The van der Waals surface area contributed by atoms with Crippen molar-refractivity contribution in [2.45, 2.75) is 13.8 Å². The fourth-order valence-corrected chi connectivity index (χ4v) is 1.32. The number of rotatable bonds is 2. The smallest absolute Gasteiger partial charge is 0.181 e. The summed E-state index contributed by atoms with van der Waals surface area (Å²) in [5.74, 6) is 0.758. The third-order valence-electron chi connectivity index (χ3n) is 1.93. The minimum atomic E-state index is 0.758. The highest BCUT2D eigenvalue weighted by Gasteiger charge is 2.01. The summed E-state index contributed by atoms with van der Waals surface area (Å²) in [6.45, 7) is 4.06. The molecule has 3 nitrogen and oxygen atoms in total. The molecule has 0 aliphatic rings. The molecule has 0 saturated heterocycles. The molecular weight excluding hydrogens is 186 g/mol. The van der Waals surface area contributed by atoms with Gasteiger partial charge in [0.1, 0.15) is 6.33 Å². The molecule has 76 valence electrons. The van der Waals surface area contributed by atoms with E-state index in [1.165, 1.54) is 5.57 Å². The lowest BCUT2D eigenvalue weighted by Gasteiger charge is -1.93. The van der Waals surface area contributed by atoms with Gasteiger partial charge in [-0.1, -0.05) is 35.9 Å². The van der Waals surface area contributed by atoms with E-state index in [0.717, 1.165) is 11.4 Å². The van der Waals surface area contributed by atoms with Crippen LogP contribution < -0.4 is 0 Å². The van der Waals surface area contributed by atoms with Crippen LogP contribution in [0.1, 0.15) is 13.8 Å². The van der Waals surface area contributed by atoms with Gasteiger partial charge in [0.15, 0.2) is 5.82 Å². The van der Waals surface area contributed by atoms with Gasteiger partial charge in [-0.25, -0.2) is 9.67 Å². The zero-order valence-electron chi connectivity index (χ0n) is 8.88. The summed E-state index contributed by atoms with van der Waals surface area (Å²) in [6.07, 6.45) is 3.66. The molecule has 0 saturated carbocycles. The van der Waals surface area contributed by atoms with Crippen LogP contribution in [0.4, 0.5) is 0 Å². The Morgan fingerprint density at radius 2 is 1.93 bits per heavy atom. The number of aromatic nitrogens is 3. The molecule has 0 aliphatic heterocycles. The highest BCUT2D eigenvalue weighted by Crippen LogP contribution is 2.12. The van der Waals surface area contributed by atoms with Crippen molar-refractivity contribution < 1.29 is 0 Å². The van der Waals surface area contributed by atoms with E-state index in [1.807, 2.05) is 50.4 Å². The minimum absolute atomic E-state index is 0.758. The maximum absolute atomic E-state index is 4.35. The van der Waals surface area contributed by atoms with Crippen LogP contribution in [-0.4, -0.2) is 14.8 Å². The number of nitrogens with zero attached hydrogens (tertiary/aromatic N) is 3. The van der Waals surface area contributed by atoms with Crippen LogP contribution in [0.2, 0.25) is 0 Å². The molecule has 1 heterocycles. The van der Waals surface area contributed by atoms with Crippen molar-refractivity contribution in [3.63, 3.8) is 0 Å². The first-order valence-corrected chi connectivity index (χ1v) is 4.87. The van der Waals surface area contributed by atoms with Gasteiger partial charge in [0.2, 0.25) is 0 Å². The van der Waals surface area contributed by atoms with Gasteiger partial charge in [-0.3, -0.25) is 0 Å². The molecule has 0 spiro atoms. The minimum Gasteiger partial charge on any atom is -0.228 e. The number of allylic oxidation sites excluding steroid dienone is 1. The lowest BCUT2D eigenvalue weighted by Crippen LogP contribution is -1.88. The summed E-state index contributed by atoms with van der Waals surface area (Å²) in [5.41, 5.74) is 2.23. The lowest BCUT2D eigenvalue weighted by molar-refractivity contribution is 0.929. The van der Waals surface area contributed by atoms with Crippen LogP contribution in [0.3, 0.4) is 0 Å². The molecule has 0 atom stereocenters. The SMILES string of the molecule is CC(C)=Cn1cnc(-c2ccccc2)n1. The van der Waals surface area contributed by atoms with E-state index in [0.29, 0.717) is 0 Å². The molecule has 3 heteroatoms. The normalized spacial score (nSPS) is 10.0. The molecule has 1 aromatic carbocycles. The predicted molar refractivity (Wildman–Crippen MR) is 61.1 cm³/mol. The number of benzene rings is 1. The van der Waals surface area contributed by atoms with Crippen LogP contribution in [0.5, 0.6) is 0 Å². The van der Waals surface area contributed by atoms with Gasteiger partial charge in [0.25, 0.3) is 0 Å². The second-order valence-corrected chi connectivity index (χ2v) is 3.62. The summed E-state index contributed by atoms with van der Waals surface area (Å²) >= 11 is 0. The first kappa shape index (κ1) is 9.65. The quantitative estimate of drug-likeness (QED) is 0.744. The fraction of sp³-hybridized carbons (Fsp3) is 0.167. The average Bonchev–Trinajstić information content (AvgIpc) is 2.67. The largest absolute Gasteiger partial charge is 0.228 e. The van der Waals surface area contributed by atoms with Crippen molar-refractivity contribution in [1.82, 2.24) is 14.8 Å². The van der Waals surface area contributed by atoms with Crippen molar-refractivity contribution in [1.29, 1.82) is 0 Å².